The molecule has 3 rings (SSSR count). The van der Waals surface area contributed by atoms with Crippen molar-refractivity contribution in [3.8, 4) is 11.5 Å². The number of rotatable bonds is 3. The van der Waals surface area contributed by atoms with E-state index in [-0.39, 0.29) is 18.2 Å². The van der Waals surface area contributed by atoms with Crippen LogP contribution in [0.1, 0.15) is 21.5 Å². The Morgan fingerprint density at radius 3 is 2.50 bits per heavy atom. The van der Waals surface area contributed by atoms with Gasteiger partial charge in [-0.25, -0.2) is 0 Å². The third-order valence-corrected chi connectivity index (χ3v) is 3.23. The Bertz CT molecular complexity index is 686. The van der Waals surface area contributed by atoms with Crippen LogP contribution >= 0.6 is 0 Å². The topological polar surface area (TPSA) is 52.6 Å². The molecule has 0 saturated carbocycles. The normalized spacial score (nSPS) is 12.8. The molecule has 0 aliphatic carbocycles. The molecule has 0 aromatic heterocycles. The molecule has 0 N–H and O–H groups in total. The molecule has 20 heavy (non-hydrogen) atoms. The molecule has 4 nitrogen and oxygen atoms in total. The Morgan fingerprint density at radius 1 is 1.10 bits per heavy atom. The fourth-order valence-corrected chi connectivity index (χ4v) is 2.18. The second-order valence-corrected chi connectivity index (χ2v) is 4.53. The Kier molecular flexibility index (Phi) is 2.99. The number of carbonyl (C=O) groups excluding carboxylic acids is 2. The van der Waals surface area contributed by atoms with Crippen LogP contribution in [0.2, 0.25) is 0 Å². The van der Waals surface area contributed by atoms with Crippen molar-refractivity contribution >= 4 is 11.8 Å². The number of hydrogen-bond donors (Lipinski definition) is 0. The average Bonchev–Trinajstić information content (AvgIpc) is 2.85. The molecule has 2 aromatic carbocycles. The Labute approximate surface area is 115 Å². The van der Waals surface area contributed by atoms with E-state index >= 15 is 0 Å². The highest BCUT2D eigenvalue weighted by Gasteiger charge is 2.21. The highest BCUT2D eigenvalue weighted by molar-refractivity contribution is 6.09. The lowest BCUT2D eigenvalue weighted by Crippen LogP contribution is -2.01. The minimum absolute atomic E-state index is 0.0881. The van der Waals surface area contributed by atoms with Gasteiger partial charge in [0.2, 0.25) is 0 Å². The van der Waals surface area contributed by atoms with Crippen LogP contribution in [0.15, 0.2) is 42.5 Å². The van der Waals surface area contributed by atoms with Gasteiger partial charge in [0.1, 0.15) is 11.5 Å². The fourth-order valence-electron chi connectivity index (χ4n) is 2.18. The van der Waals surface area contributed by atoms with E-state index in [1.807, 2.05) is 0 Å². The molecule has 0 saturated heterocycles. The zero-order chi connectivity index (χ0) is 14.1. The van der Waals surface area contributed by atoms with E-state index in [1.54, 1.807) is 49.6 Å². The van der Waals surface area contributed by atoms with Gasteiger partial charge in [-0.3, -0.25) is 9.59 Å². The standard InChI is InChI=1S/C16H12O4/c1-19-13-5-2-10(3-6-13)16(18)11-4-7-14-12(8-11)9-15(17)20-14/h2-8H,9H2,1H3. The number of esters is 1. The van der Waals surface area contributed by atoms with Crippen LogP contribution in [0.5, 0.6) is 11.5 Å². The average molecular weight is 268 g/mol. The Balaban J connectivity index is 1.90. The molecular formula is C16H12O4. The van der Waals surface area contributed by atoms with E-state index in [0.717, 1.165) is 5.56 Å². The molecular weight excluding hydrogens is 256 g/mol. The zero-order valence-electron chi connectivity index (χ0n) is 10.9. The van der Waals surface area contributed by atoms with Gasteiger partial charge < -0.3 is 9.47 Å². The maximum atomic E-state index is 12.4. The molecule has 100 valence electrons. The number of benzene rings is 2. The van der Waals surface area contributed by atoms with Gasteiger partial charge in [-0.1, -0.05) is 0 Å². The summed E-state index contributed by atoms with van der Waals surface area (Å²) in [4.78, 5) is 23.6. The monoisotopic (exact) mass is 268 g/mol. The lowest BCUT2D eigenvalue weighted by molar-refractivity contribution is -0.131. The van der Waals surface area contributed by atoms with Crippen LogP contribution in [0.4, 0.5) is 0 Å². The summed E-state index contributed by atoms with van der Waals surface area (Å²) in [5, 5.41) is 0. The molecule has 0 amide bonds. The van der Waals surface area contributed by atoms with Crippen molar-refractivity contribution in [1.82, 2.24) is 0 Å². The smallest absolute Gasteiger partial charge is 0.315 e. The Morgan fingerprint density at radius 2 is 1.80 bits per heavy atom. The number of carbonyl (C=O) groups is 2. The summed E-state index contributed by atoms with van der Waals surface area (Å²) in [5.74, 6) is 0.875. The highest BCUT2D eigenvalue weighted by Crippen LogP contribution is 2.27. The zero-order valence-corrected chi connectivity index (χ0v) is 10.9. The van der Waals surface area contributed by atoms with Gasteiger partial charge in [0.15, 0.2) is 5.78 Å². The SMILES string of the molecule is COc1ccc(C(=O)c2ccc3c(c2)CC(=O)O3)cc1. The van der Waals surface area contributed by atoms with Crippen molar-refractivity contribution in [3.63, 3.8) is 0 Å². The lowest BCUT2D eigenvalue weighted by atomic mass is 10.0. The van der Waals surface area contributed by atoms with Crippen molar-refractivity contribution in [2.24, 2.45) is 0 Å². The van der Waals surface area contributed by atoms with Gasteiger partial charge >= 0.3 is 5.97 Å². The van der Waals surface area contributed by atoms with Gasteiger partial charge in [0.25, 0.3) is 0 Å². The maximum Gasteiger partial charge on any atom is 0.315 e. The maximum absolute atomic E-state index is 12.4. The van der Waals surface area contributed by atoms with Gasteiger partial charge in [-0.05, 0) is 42.5 Å². The van der Waals surface area contributed by atoms with Gasteiger partial charge in [0, 0.05) is 16.7 Å². The molecule has 2 aromatic rings. The molecule has 0 fully saturated rings. The molecule has 0 unspecified atom stereocenters. The van der Waals surface area contributed by atoms with Gasteiger partial charge in [-0.15, -0.1) is 0 Å². The van der Waals surface area contributed by atoms with E-state index in [2.05, 4.69) is 0 Å². The number of ether oxygens (including phenoxy) is 2. The number of methoxy groups -OCH3 is 1. The molecule has 1 aliphatic rings. The van der Waals surface area contributed by atoms with E-state index in [4.69, 9.17) is 9.47 Å². The van der Waals surface area contributed by atoms with E-state index < -0.39 is 0 Å². The lowest BCUT2D eigenvalue weighted by Gasteiger charge is -2.04. The van der Waals surface area contributed by atoms with Crippen molar-refractivity contribution in [1.29, 1.82) is 0 Å². The Hall–Kier alpha value is -2.62. The van der Waals surface area contributed by atoms with Crippen molar-refractivity contribution in [2.75, 3.05) is 7.11 Å². The third-order valence-electron chi connectivity index (χ3n) is 3.23. The molecule has 0 radical (unpaired) electrons. The van der Waals surface area contributed by atoms with Crippen LogP contribution < -0.4 is 9.47 Å². The summed E-state index contributed by atoms with van der Waals surface area (Å²) in [6.45, 7) is 0. The predicted molar refractivity (Wildman–Crippen MR) is 72.2 cm³/mol. The summed E-state index contributed by atoms with van der Waals surface area (Å²) in [6.07, 6.45) is 0.221. The van der Waals surface area contributed by atoms with Crippen molar-refractivity contribution < 1.29 is 19.1 Å². The first kappa shape index (κ1) is 12.4. The first-order valence-corrected chi connectivity index (χ1v) is 6.20. The minimum Gasteiger partial charge on any atom is -0.497 e. The second kappa shape index (κ2) is 4.81. The van der Waals surface area contributed by atoms with Gasteiger partial charge in [-0.2, -0.15) is 0 Å². The first-order chi connectivity index (χ1) is 9.67. The number of hydrogen-bond acceptors (Lipinski definition) is 4. The van der Waals surface area contributed by atoms with Crippen LogP contribution in [-0.4, -0.2) is 18.9 Å². The van der Waals surface area contributed by atoms with E-state index in [0.29, 0.717) is 22.6 Å². The summed E-state index contributed by atoms with van der Waals surface area (Å²) in [5.41, 5.74) is 1.89. The summed E-state index contributed by atoms with van der Waals surface area (Å²) in [6, 6.07) is 12.0. The summed E-state index contributed by atoms with van der Waals surface area (Å²) >= 11 is 0. The van der Waals surface area contributed by atoms with Crippen molar-refractivity contribution in [3.05, 3.63) is 59.2 Å². The quantitative estimate of drug-likeness (QED) is 0.487. The molecule has 1 heterocycles. The first-order valence-electron chi connectivity index (χ1n) is 6.20. The molecule has 0 bridgehead atoms. The molecule has 0 spiro atoms. The molecule has 4 heteroatoms. The summed E-state index contributed by atoms with van der Waals surface area (Å²) in [7, 11) is 1.58. The van der Waals surface area contributed by atoms with Crippen LogP contribution in [0.25, 0.3) is 0 Å². The number of fused-ring (bicyclic) bond motifs is 1. The van der Waals surface area contributed by atoms with Gasteiger partial charge in [0.05, 0.1) is 13.5 Å². The largest absolute Gasteiger partial charge is 0.497 e. The van der Waals surface area contributed by atoms with Crippen LogP contribution in [0, 0.1) is 0 Å². The number of ketones is 1. The minimum atomic E-state index is -0.283. The van der Waals surface area contributed by atoms with E-state index in [1.165, 1.54) is 0 Å². The van der Waals surface area contributed by atoms with Crippen molar-refractivity contribution in [2.45, 2.75) is 6.42 Å². The highest BCUT2D eigenvalue weighted by atomic mass is 16.5. The second-order valence-electron chi connectivity index (χ2n) is 4.53. The molecule has 1 aliphatic heterocycles. The van der Waals surface area contributed by atoms with Crippen LogP contribution in [0.3, 0.4) is 0 Å². The predicted octanol–water partition coefficient (Wildman–Crippen LogP) is 2.39. The fraction of sp³-hybridized carbons (Fsp3) is 0.125. The van der Waals surface area contributed by atoms with Crippen LogP contribution in [-0.2, 0) is 11.2 Å². The molecule has 0 atom stereocenters. The summed E-state index contributed by atoms with van der Waals surface area (Å²) < 4.78 is 10.1. The third kappa shape index (κ3) is 2.16. The van der Waals surface area contributed by atoms with E-state index in [9.17, 15) is 9.59 Å².